The largest absolute Gasteiger partial charge is 0.208 e. The average Bonchev–Trinajstić information content (AvgIpc) is 3.85. The van der Waals surface area contributed by atoms with Crippen molar-refractivity contribution in [2.75, 3.05) is 0 Å². The first-order valence-electron chi connectivity index (χ1n) is 18.7. The van der Waals surface area contributed by atoms with Gasteiger partial charge in [-0.3, -0.25) is 0 Å². The van der Waals surface area contributed by atoms with Crippen molar-refractivity contribution < 1.29 is 0 Å². The van der Waals surface area contributed by atoms with E-state index < -0.39 is 0 Å². The van der Waals surface area contributed by atoms with E-state index in [2.05, 4.69) is 170 Å². The van der Waals surface area contributed by atoms with E-state index in [9.17, 15) is 0 Å². The van der Waals surface area contributed by atoms with E-state index in [1.807, 2.05) is 29.5 Å². The van der Waals surface area contributed by atoms with Crippen LogP contribution in [-0.4, -0.2) is 15.0 Å². The van der Waals surface area contributed by atoms with Gasteiger partial charge in [-0.2, -0.15) is 0 Å². The normalized spacial score (nSPS) is 11.6. The van der Waals surface area contributed by atoms with Crippen molar-refractivity contribution in [1.29, 1.82) is 0 Å². The first kappa shape index (κ1) is 32.6. The third-order valence-electron chi connectivity index (χ3n) is 10.6. The van der Waals surface area contributed by atoms with Gasteiger partial charge >= 0.3 is 0 Å². The molecule has 0 radical (unpaired) electrons. The molecule has 0 unspecified atom stereocenters. The Morgan fingerprint density at radius 2 is 0.786 bits per heavy atom. The van der Waals surface area contributed by atoms with Crippen molar-refractivity contribution in [3.8, 4) is 67.5 Å². The van der Waals surface area contributed by atoms with Gasteiger partial charge in [-0.1, -0.05) is 158 Å². The zero-order valence-corrected chi connectivity index (χ0v) is 31.7. The molecule has 0 N–H and O–H groups in total. The van der Waals surface area contributed by atoms with Crippen molar-refractivity contribution in [3.05, 3.63) is 188 Å². The maximum Gasteiger partial charge on any atom is 0.164 e. The second-order valence-corrected chi connectivity index (χ2v) is 16.1. The Morgan fingerprint density at radius 1 is 0.268 bits per heavy atom. The maximum absolute atomic E-state index is 5.08. The lowest BCUT2D eigenvalue weighted by Crippen LogP contribution is -2.00. The lowest BCUT2D eigenvalue weighted by Gasteiger charge is -2.09. The number of fused-ring (bicyclic) bond motifs is 6. The number of hydrogen-bond donors (Lipinski definition) is 0. The minimum Gasteiger partial charge on any atom is -0.208 e. The number of rotatable bonds is 6. The molecular weight excluding hydrogens is 719 g/mol. The lowest BCUT2D eigenvalue weighted by molar-refractivity contribution is 1.07. The molecule has 0 atom stereocenters. The summed E-state index contributed by atoms with van der Waals surface area (Å²) in [5.41, 5.74) is 10.2. The molecule has 0 saturated heterocycles. The lowest BCUT2D eigenvalue weighted by atomic mass is 9.97. The predicted molar refractivity (Wildman–Crippen MR) is 238 cm³/mol. The van der Waals surface area contributed by atoms with E-state index in [0.29, 0.717) is 17.5 Å². The highest BCUT2D eigenvalue weighted by Crippen LogP contribution is 2.42. The van der Waals surface area contributed by atoms with Crippen LogP contribution in [-0.2, 0) is 0 Å². The van der Waals surface area contributed by atoms with Gasteiger partial charge in [0.25, 0.3) is 0 Å². The topological polar surface area (TPSA) is 38.7 Å². The predicted octanol–water partition coefficient (Wildman–Crippen LogP) is 14.6. The highest BCUT2D eigenvalue weighted by molar-refractivity contribution is 7.26. The fourth-order valence-electron chi connectivity index (χ4n) is 7.73. The minimum atomic E-state index is 0.653. The minimum absolute atomic E-state index is 0.653. The van der Waals surface area contributed by atoms with Gasteiger partial charge in [0.15, 0.2) is 17.5 Å². The summed E-state index contributed by atoms with van der Waals surface area (Å²) < 4.78 is 5.07. The summed E-state index contributed by atoms with van der Waals surface area (Å²) in [6.07, 6.45) is 0. The fourth-order valence-corrected chi connectivity index (χ4v) is 10.1. The van der Waals surface area contributed by atoms with Gasteiger partial charge in [0.2, 0.25) is 0 Å². The molecule has 0 aliphatic rings. The van der Waals surface area contributed by atoms with Gasteiger partial charge in [-0.15, -0.1) is 22.7 Å². The van der Waals surface area contributed by atoms with Crippen LogP contribution in [0.4, 0.5) is 0 Å². The van der Waals surface area contributed by atoms with Crippen molar-refractivity contribution in [2.45, 2.75) is 0 Å². The van der Waals surface area contributed by atoms with Crippen molar-refractivity contribution in [3.63, 3.8) is 0 Å². The Hall–Kier alpha value is -6.79. The molecule has 0 aliphatic heterocycles. The molecule has 262 valence electrons. The van der Waals surface area contributed by atoms with Crippen LogP contribution in [0.2, 0.25) is 0 Å². The average molecular weight is 750 g/mol. The molecule has 3 aromatic heterocycles. The van der Waals surface area contributed by atoms with E-state index in [-0.39, 0.29) is 0 Å². The second-order valence-electron chi connectivity index (χ2n) is 14.0. The van der Waals surface area contributed by atoms with E-state index >= 15 is 0 Å². The summed E-state index contributed by atoms with van der Waals surface area (Å²) in [6, 6.07) is 66.9. The third-order valence-corrected chi connectivity index (χ3v) is 12.9. The molecule has 0 fully saturated rings. The van der Waals surface area contributed by atoms with E-state index in [0.717, 1.165) is 22.3 Å². The van der Waals surface area contributed by atoms with Crippen LogP contribution >= 0.6 is 22.7 Å². The molecule has 0 saturated carbocycles. The van der Waals surface area contributed by atoms with Gasteiger partial charge in [-0.05, 0) is 63.7 Å². The molecule has 8 aromatic carbocycles. The monoisotopic (exact) mass is 749 g/mol. The maximum atomic E-state index is 5.08. The number of nitrogens with zero attached hydrogens (tertiary/aromatic N) is 3. The molecule has 0 aliphatic carbocycles. The Labute approximate surface area is 331 Å². The van der Waals surface area contributed by atoms with Crippen LogP contribution in [0.3, 0.4) is 0 Å². The van der Waals surface area contributed by atoms with Gasteiger partial charge in [0.05, 0.1) is 0 Å². The quantitative estimate of drug-likeness (QED) is 0.170. The highest BCUT2D eigenvalue weighted by Gasteiger charge is 2.16. The standard InChI is InChI=1S/C51H31N3S2/c1-3-11-32(12-4-1)36-15-9-16-37(29-36)38-26-28-46-44(30-38)43-19-10-18-40(48(43)56-46)33-21-23-35(24-22-33)50-52-49(34-13-5-2-6-14-34)53-51(54-50)39-25-27-42-41-17-7-8-20-45(41)55-47(42)31-39/h1-31H. The smallest absolute Gasteiger partial charge is 0.164 e. The number of benzene rings is 8. The Morgan fingerprint density at radius 3 is 1.57 bits per heavy atom. The molecule has 5 heteroatoms. The number of hydrogen-bond acceptors (Lipinski definition) is 5. The van der Waals surface area contributed by atoms with Crippen LogP contribution in [0.25, 0.3) is 108 Å². The number of aromatic nitrogens is 3. The summed E-state index contributed by atoms with van der Waals surface area (Å²) in [7, 11) is 0. The Kier molecular flexibility index (Phi) is 7.87. The molecule has 11 aromatic rings. The summed E-state index contributed by atoms with van der Waals surface area (Å²) in [5, 5.41) is 5.09. The summed E-state index contributed by atoms with van der Waals surface area (Å²) in [4.78, 5) is 15.1. The third kappa shape index (κ3) is 5.77. The molecule has 0 amide bonds. The van der Waals surface area contributed by atoms with Crippen LogP contribution in [0.5, 0.6) is 0 Å². The number of thiophene rings is 2. The van der Waals surface area contributed by atoms with E-state index in [1.165, 1.54) is 68.2 Å². The van der Waals surface area contributed by atoms with Crippen LogP contribution in [0, 0.1) is 0 Å². The van der Waals surface area contributed by atoms with Crippen LogP contribution in [0.1, 0.15) is 0 Å². The zero-order chi connectivity index (χ0) is 37.0. The van der Waals surface area contributed by atoms with Crippen LogP contribution < -0.4 is 0 Å². The molecule has 0 spiro atoms. The van der Waals surface area contributed by atoms with Crippen molar-refractivity contribution in [1.82, 2.24) is 15.0 Å². The fraction of sp³-hybridized carbons (Fsp3) is 0. The highest BCUT2D eigenvalue weighted by atomic mass is 32.1. The van der Waals surface area contributed by atoms with Crippen LogP contribution in [0.15, 0.2) is 188 Å². The van der Waals surface area contributed by atoms with E-state index in [1.54, 1.807) is 11.3 Å². The summed E-state index contributed by atoms with van der Waals surface area (Å²) in [5.74, 6) is 1.98. The van der Waals surface area contributed by atoms with Gasteiger partial charge < -0.3 is 0 Å². The molecule has 56 heavy (non-hydrogen) atoms. The Balaban J connectivity index is 0.964. The molecule has 11 rings (SSSR count). The summed E-state index contributed by atoms with van der Waals surface area (Å²) in [6.45, 7) is 0. The molecular formula is C51H31N3S2. The van der Waals surface area contributed by atoms with Crippen molar-refractivity contribution >= 4 is 63.0 Å². The first-order valence-corrected chi connectivity index (χ1v) is 20.3. The van der Waals surface area contributed by atoms with Gasteiger partial charge in [-0.25, -0.2) is 15.0 Å². The molecule has 3 nitrogen and oxygen atoms in total. The summed E-state index contributed by atoms with van der Waals surface area (Å²) >= 11 is 3.66. The van der Waals surface area contributed by atoms with Gasteiger partial charge in [0, 0.05) is 57.0 Å². The zero-order valence-electron chi connectivity index (χ0n) is 30.1. The molecule has 0 bridgehead atoms. The van der Waals surface area contributed by atoms with Gasteiger partial charge in [0.1, 0.15) is 0 Å². The first-order chi connectivity index (χ1) is 27.7. The second kappa shape index (κ2) is 13.5. The molecule has 3 heterocycles. The Bertz CT molecular complexity index is 3240. The van der Waals surface area contributed by atoms with E-state index in [4.69, 9.17) is 15.0 Å². The van der Waals surface area contributed by atoms with Crippen molar-refractivity contribution in [2.24, 2.45) is 0 Å². The SMILES string of the molecule is c1ccc(-c2cccc(-c3ccc4sc5c(-c6ccc(-c7nc(-c8ccccc8)nc(-c8ccc9c(c8)sc8ccccc89)n7)cc6)cccc5c4c3)c2)cc1.